The molecule has 1 aromatic heterocycles. The molecule has 0 spiro atoms. The molecule has 0 bridgehead atoms. The van der Waals surface area contributed by atoms with Crippen molar-refractivity contribution in [2.75, 3.05) is 14.2 Å². The van der Waals surface area contributed by atoms with Gasteiger partial charge in [0.25, 0.3) is 0 Å². The van der Waals surface area contributed by atoms with Crippen LogP contribution in [0.2, 0.25) is 0 Å². The fourth-order valence-corrected chi connectivity index (χ4v) is 3.19. The number of nitrogens with two attached hydrogens (primary N) is 1. The number of hydrogen-bond acceptors (Lipinski definition) is 5. The highest BCUT2D eigenvalue weighted by atomic mass is 16.5. The number of nitrogens with one attached hydrogen (secondary N) is 1. The Kier molecular flexibility index (Phi) is 5.34. The van der Waals surface area contributed by atoms with Gasteiger partial charge in [0.05, 0.1) is 24.9 Å². The van der Waals surface area contributed by atoms with Crippen LogP contribution in [0.15, 0.2) is 18.5 Å². The number of ether oxygens (including phenoxy) is 2. The van der Waals surface area contributed by atoms with Gasteiger partial charge in [0.1, 0.15) is 5.75 Å². The summed E-state index contributed by atoms with van der Waals surface area (Å²) in [5, 5.41) is 0. The molecule has 1 aromatic rings. The Morgan fingerprint density at radius 1 is 1.20 bits per heavy atom. The molecule has 1 aliphatic rings. The van der Waals surface area contributed by atoms with Crippen LogP contribution in [-0.2, 0) is 4.74 Å². The Bertz CT molecular complexity index is 417. The van der Waals surface area contributed by atoms with E-state index in [0.717, 1.165) is 24.2 Å². The van der Waals surface area contributed by atoms with Gasteiger partial charge in [-0.05, 0) is 24.5 Å². The molecule has 112 valence electrons. The lowest BCUT2D eigenvalue weighted by molar-refractivity contribution is -0.0542. The monoisotopic (exact) mass is 279 g/mol. The third-order valence-electron chi connectivity index (χ3n) is 4.35. The molecule has 0 amide bonds. The van der Waals surface area contributed by atoms with Crippen molar-refractivity contribution in [1.29, 1.82) is 0 Å². The maximum absolute atomic E-state index is 5.93. The molecular weight excluding hydrogens is 254 g/mol. The molecule has 0 radical (unpaired) electrons. The summed E-state index contributed by atoms with van der Waals surface area (Å²) in [6, 6.07) is 1.90. The zero-order valence-corrected chi connectivity index (χ0v) is 12.4. The molecule has 2 rings (SSSR count). The van der Waals surface area contributed by atoms with Gasteiger partial charge in [-0.25, -0.2) is 0 Å². The quantitative estimate of drug-likeness (QED) is 0.492. The summed E-state index contributed by atoms with van der Waals surface area (Å²) in [4.78, 5) is 4.23. The van der Waals surface area contributed by atoms with E-state index in [1.807, 2.05) is 12.3 Å². The van der Waals surface area contributed by atoms with E-state index in [1.54, 1.807) is 20.4 Å². The predicted molar refractivity (Wildman–Crippen MR) is 78.3 cm³/mol. The molecule has 3 N–H and O–H groups in total. The van der Waals surface area contributed by atoms with Crippen LogP contribution in [0, 0.1) is 0 Å². The van der Waals surface area contributed by atoms with Crippen LogP contribution >= 0.6 is 0 Å². The molecule has 1 atom stereocenters. The second-order valence-corrected chi connectivity index (χ2v) is 5.44. The number of nitrogens with zero attached hydrogens (tertiary/aromatic N) is 1. The number of hydrazine groups is 1. The molecule has 0 aromatic carbocycles. The number of hydrogen-bond donors (Lipinski definition) is 2. The summed E-state index contributed by atoms with van der Waals surface area (Å²) in [6.07, 6.45) is 10.4. The van der Waals surface area contributed by atoms with Crippen LogP contribution in [0.25, 0.3) is 0 Å². The lowest BCUT2D eigenvalue weighted by Gasteiger charge is -2.39. The van der Waals surface area contributed by atoms with Crippen molar-refractivity contribution in [1.82, 2.24) is 10.4 Å². The summed E-state index contributed by atoms with van der Waals surface area (Å²) in [5.41, 5.74) is 3.68. The fraction of sp³-hybridized carbons (Fsp3) is 0.667. The summed E-state index contributed by atoms with van der Waals surface area (Å²) in [6.45, 7) is 0. The molecule has 1 saturated carbocycles. The van der Waals surface area contributed by atoms with Crippen LogP contribution in [0.4, 0.5) is 0 Å². The molecule has 5 nitrogen and oxygen atoms in total. The lowest BCUT2D eigenvalue weighted by atomic mass is 9.83. The predicted octanol–water partition coefficient (Wildman–Crippen LogP) is 2.33. The van der Waals surface area contributed by atoms with Crippen molar-refractivity contribution >= 4 is 0 Å². The summed E-state index contributed by atoms with van der Waals surface area (Å²) in [5.74, 6) is 6.58. The molecule has 1 unspecified atom stereocenters. The van der Waals surface area contributed by atoms with Crippen LogP contribution in [0.5, 0.6) is 5.75 Å². The van der Waals surface area contributed by atoms with Crippen molar-refractivity contribution in [3.8, 4) is 5.75 Å². The van der Waals surface area contributed by atoms with Crippen LogP contribution in [0.1, 0.15) is 50.1 Å². The van der Waals surface area contributed by atoms with Crippen molar-refractivity contribution < 1.29 is 9.47 Å². The lowest BCUT2D eigenvalue weighted by Crippen LogP contribution is -2.47. The van der Waals surface area contributed by atoms with Crippen molar-refractivity contribution in [2.45, 2.75) is 50.2 Å². The highest BCUT2D eigenvalue weighted by Crippen LogP contribution is 2.40. The summed E-state index contributed by atoms with van der Waals surface area (Å²) in [7, 11) is 3.42. The molecule has 1 aliphatic carbocycles. The average molecular weight is 279 g/mol. The topological polar surface area (TPSA) is 69.4 Å². The van der Waals surface area contributed by atoms with E-state index < -0.39 is 0 Å². The smallest absolute Gasteiger partial charge is 0.137 e. The highest BCUT2D eigenvalue weighted by Gasteiger charge is 2.40. The van der Waals surface area contributed by atoms with Gasteiger partial charge in [-0.3, -0.25) is 16.3 Å². The third-order valence-corrected chi connectivity index (χ3v) is 4.35. The largest absolute Gasteiger partial charge is 0.495 e. The first-order valence-corrected chi connectivity index (χ1v) is 7.26. The zero-order chi connectivity index (χ0) is 14.4. The van der Waals surface area contributed by atoms with Gasteiger partial charge < -0.3 is 9.47 Å². The van der Waals surface area contributed by atoms with E-state index in [1.165, 1.54) is 25.7 Å². The number of rotatable bonds is 5. The Balaban J connectivity index is 2.32. The third kappa shape index (κ3) is 3.11. The van der Waals surface area contributed by atoms with Gasteiger partial charge in [-0.2, -0.15) is 0 Å². The number of pyridine rings is 1. The van der Waals surface area contributed by atoms with Crippen LogP contribution in [-0.4, -0.2) is 24.8 Å². The van der Waals surface area contributed by atoms with Gasteiger partial charge >= 0.3 is 0 Å². The minimum Gasteiger partial charge on any atom is -0.495 e. The maximum atomic E-state index is 5.93. The van der Waals surface area contributed by atoms with Crippen molar-refractivity contribution in [3.63, 3.8) is 0 Å². The van der Waals surface area contributed by atoms with Crippen LogP contribution in [0.3, 0.4) is 0 Å². The minimum absolute atomic E-state index is 0.0757. The Morgan fingerprint density at radius 3 is 2.45 bits per heavy atom. The van der Waals surface area contributed by atoms with E-state index in [9.17, 15) is 0 Å². The minimum atomic E-state index is -0.265. The van der Waals surface area contributed by atoms with Gasteiger partial charge in [0.2, 0.25) is 0 Å². The highest BCUT2D eigenvalue weighted by molar-refractivity contribution is 5.28. The van der Waals surface area contributed by atoms with Gasteiger partial charge in [-0.15, -0.1) is 0 Å². The normalized spacial score (nSPS) is 20.1. The zero-order valence-electron chi connectivity index (χ0n) is 12.4. The average Bonchev–Trinajstić information content (AvgIpc) is 2.75. The summed E-state index contributed by atoms with van der Waals surface area (Å²) >= 11 is 0. The Hall–Kier alpha value is -1.17. The number of methoxy groups -OCH3 is 2. The second kappa shape index (κ2) is 7.02. The van der Waals surface area contributed by atoms with Crippen molar-refractivity contribution in [2.24, 2.45) is 5.84 Å². The first-order chi connectivity index (χ1) is 9.75. The fourth-order valence-electron chi connectivity index (χ4n) is 3.19. The molecular formula is C15H25N3O2. The number of aromatic nitrogens is 1. The molecule has 5 heteroatoms. The SMILES string of the molecule is COc1cncc(C(NN)C2(OC)CCCCCC2)c1. The van der Waals surface area contributed by atoms with Gasteiger partial charge in [0.15, 0.2) is 0 Å². The Morgan fingerprint density at radius 2 is 1.90 bits per heavy atom. The standard InChI is InChI=1S/C15H25N3O2/c1-19-13-9-12(10-17-11-13)14(18-16)15(20-2)7-5-3-4-6-8-15/h9-11,14,18H,3-8,16H2,1-2H3. The molecule has 0 saturated heterocycles. The van der Waals surface area contributed by atoms with E-state index in [0.29, 0.717) is 0 Å². The first kappa shape index (κ1) is 15.2. The molecule has 0 aliphatic heterocycles. The van der Waals surface area contributed by atoms with Crippen molar-refractivity contribution in [3.05, 3.63) is 24.0 Å². The molecule has 1 fully saturated rings. The van der Waals surface area contributed by atoms with E-state index in [2.05, 4.69) is 10.4 Å². The first-order valence-electron chi connectivity index (χ1n) is 7.26. The van der Waals surface area contributed by atoms with Gasteiger partial charge in [0, 0.05) is 13.3 Å². The van der Waals surface area contributed by atoms with E-state index in [4.69, 9.17) is 15.3 Å². The van der Waals surface area contributed by atoms with E-state index in [-0.39, 0.29) is 11.6 Å². The molecule has 1 heterocycles. The maximum Gasteiger partial charge on any atom is 0.137 e. The molecule has 20 heavy (non-hydrogen) atoms. The Labute approximate surface area is 120 Å². The summed E-state index contributed by atoms with van der Waals surface area (Å²) < 4.78 is 11.2. The van der Waals surface area contributed by atoms with Crippen LogP contribution < -0.4 is 16.0 Å². The van der Waals surface area contributed by atoms with E-state index >= 15 is 0 Å². The van der Waals surface area contributed by atoms with Gasteiger partial charge in [-0.1, -0.05) is 25.7 Å². The second-order valence-electron chi connectivity index (χ2n) is 5.44.